The summed E-state index contributed by atoms with van der Waals surface area (Å²) in [5, 5.41) is 2.97. The maximum Gasteiger partial charge on any atom is 0.322 e. The molecule has 1 aliphatic rings. The Bertz CT molecular complexity index is 400. The van der Waals surface area contributed by atoms with Gasteiger partial charge in [-0.1, -0.05) is 12.1 Å². The Morgan fingerprint density at radius 3 is 2.94 bits per heavy atom. The van der Waals surface area contributed by atoms with Gasteiger partial charge in [-0.05, 0) is 31.0 Å². The first-order chi connectivity index (χ1) is 7.68. The number of hydrogen-bond acceptors (Lipinski definition) is 2. The highest BCUT2D eigenvalue weighted by atomic mass is 32.2. The van der Waals surface area contributed by atoms with Gasteiger partial charge in [0.2, 0.25) is 0 Å². The van der Waals surface area contributed by atoms with E-state index in [2.05, 4.69) is 18.3 Å². The van der Waals surface area contributed by atoms with Crippen LogP contribution in [0.25, 0.3) is 0 Å². The fourth-order valence-corrected chi connectivity index (χ4v) is 2.60. The molecule has 1 N–H and O–H groups in total. The molecule has 0 unspecified atom stereocenters. The number of benzene rings is 1. The third kappa shape index (κ3) is 2.32. The summed E-state index contributed by atoms with van der Waals surface area (Å²) in [4.78, 5) is 13.7. The number of nitrogens with zero attached hydrogens (tertiary/aromatic N) is 1. The van der Waals surface area contributed by atoms with Gasteiger partial charge in [0.05, 0.1) is 5.88 Å². The van der Waals surface area contributed by atoms with E-state index in [0.29, 0.717) is 0 Å². The summed E-state index contributed by atoms with van der Waals surface area (Å²) in [6.45, 7) is 4.93. The van der Waals surface area contributed by atoms with Crippen molar-refractivity contribution < 1.29 is 4.79 Å². The van der Waals surface area contributed by atoms with Crippen LogP contribution >= 0.6 is 11.8 Å². The van der Waals surface area contributed by atoms with Crippen LogP contribution in [0.4, 0.5) is 10.5 Å². The fraction of sp³-hybridized carbons (Fsp3) is 0.417. The first kappa shape index (κ1) is 11.3. The average molecular weight is 236 g/mol. The van der Waals surface area contributed by atoms with E-state index in [1.807, 2.05) is 24.0 Å². The third-order valence-corrected chi connectivity index (χ3v) is 3.85. The van der Waals surface area contributed by atoms with E-state index >= 15 is 0 Å². The maximum absolute atomic E-state index is 11.9. The first-order valence-electron chi connectivity index (χ1n) is 5.38. The number of anilines is 1. The van der Waals surface area contributed by atoms with Crippen molar-refractivity contribution in [2.24, 2.45) is 0 Å². The number of thioether (sulfide) groups is 1. The van der Waals surface area contributed by atoms with Gasteiger partial charge in [-0.15, -0.1) is 11.8 Å². The van der Waals surface area contributed by atoms with E-state index in [1.54, 1.807) is 11.8 Å². The van der Waals surface area contributed by atoms with Crippen LogP contribution in [-0.4, -0.2) is 29.1 Å². The van der Waals surface area contributed by atoms with E-state index < -0.39 is 0 Å². The molecule has 0 saturated carbocycles. The van der Waals surface area contributed by atoms with Gasteiger partial charge in [0, 0.05) is 18.0 Å². The second-order valence-corrected chi connectivity index (χ2v) is 5.05. The highest BCUT2D eigenvalue weighted by Gasteiger charge is 2.18. The number of rotatable bonds is 1. The predicted octanol–water partition coefficient (Wildman–Crippen LogP) is 2.84. The first-order valence-corrected chi connectivity index (χ1v) is 6.54. The smallest absolute Gasteiger partial charge is 0.314 e. The average Bonchev–Trinajstić information content (AvgIpc) is 2.78. The molecule has 1 aromatic carbocycles. The Balaban J connectivity index is 2.08. The summed E-state index contributed by atoms with van der Waals surface area (Å²) in [5.74, 6) is 1.84. The molecule has 86 valence electrons. The Hall–Kier alpha value is -1.16. The number of carbonyl (C=O) groups is 1. The van der Waals surface area contributed by atoms with Gasteiger partial charge in [0.15, 0.2) is 0 Å². The number of amides is 2. The topological polar surface area (TPSA) is 32.3 Å². The van der Waals surface area contributed by atoms with Gasteiger partial charge in [-0.2, -0.15) is 0 Å². The minimum atomic E-state index is 0.0127. The summed E-state index contributed by atoms with van der Waals surface area (Å²) in [5.41, 5.74) is 3.26. The van der Waals surface area contributed by atoms with Gasteiger partial charge >= 0.3 is 6.03 Å². The van der Waals surface area contributed by atoms with E-state index in [-0.39, 0.29) is 6.03 Å². The van der Waals surface area contributed by atoms with Gasteiger partial charge in [0.1, 0.15) is 0 Å². The minimum Gasteiger partial charge on any atom is -0.314 e. The molecule has 0 aromatic heterocycles. The number of carbonyl (C=O) groups excluding carboxylic acids is 1. The highest BCUT2D eigenvalue weighted by molar-refractivity contribution is 7.99. The van der Waals surface area contributed by atoms with Crippen molar-refractivity contribution in [3.63, 3.8) is 0 Å². The highest BCUT2D eigenvalue weighted by Crippen LogP contribution is 2.20. The summed E-state index contributed by atoms with van der Waals surface area (Å²) in [6, 6.07) is 5.98. The van der Waals surface area contributed by atoms with Crippen molar-refractivity contribution in [3.8, 4) is 0 Å². The molecule has 2 amide bonds. The predicted molar refractivity (Wildman–Crippen MR) is 69.0 cm³/mol. The lowest BCUT2D eigenvalue weighted by Gasteiger charge is -2.17. The lowest BCUT2D eigenvalue weighted by molar-refractivity contribution is 0.225. The molecule has 1 aromatic rings. The number of aryl methyl sites for hydroxylation is 1. The molecule has 1 aliphatic heterocycles. The Morgan fingerprint density at radius 1 is 1.44 bits per heavy atom. The molecule has 0 atom stereocenters. The van der Waals surface area contributed by atoms with E-state index in [9.17, 15) is 4.79 Å². The van der Waals surface area contributed by atoms with Crippen LogP contribution in [0.15, 0.2) is 18.2 Å². The Kier molecular flexibility index (Phi) is 3.39. The van der Waals surface area contributed by atoms with Crippen molar-refractivity contribution in [1.29, 1.82) is 0 Å². The largest absolute Gasteiger partial charge is 0.322 e. The molecular weight excluding hydrogens is 220 g/mol. The molecule has 0 spiro atoms. The molecule has 3 nitrogen and oxygen atoms in total. The minimum absolute atomic E-state index is 0.0127. The maximum atomic E-state index is 11.9. The normalized spacial score (nSPS) is 15.2. The van der Waals surface area contributed by atoms with Crippen LogP contribution in [-0.2, 0) is 0 Å². The van der Waals surface area contributed by atoms with Crippen molar-refractivity contribution in [2.75, 3.05) is 23.5 Å². The lowest BCUT2D eigenvalue weighted by atomic mass is 10.1. The monoisotopic (exact) mass is 236 g/mol. The number of urea groups is 1. The van der Waals surface area contributed by atoms with E-state index in [4.69, 9.17) is 0 Å². The van der Waals surface area contributed by atoms with Crippen LogP contribution in [0.2, 0.25) is 0 Å². The molecular formula is C12H16N2OS. The summed E-state index contributed by atoms with van der Waals surface area (Å²) in [7, 11) is 0. The van der Waals surface area contributed by atoms with Crippen LogP contribution in [0.1, 0.15) is 11.1 Å². The van der Waals surface area contributed by atoms with Crippen LogP contribution in [0.3, 0.4) is 0 Å². The van der Waals surface area contributed by atoms with E-state index in [1.165, 1.54) is 5.56 Å². The summed E-state index contributed by atoms with van der Waals surface area (Å²) < 4.78 is 0. The standard InChI is InChI=1S/C12H16N2OS/c1-9-4-3-5-11(10(9)2)13-12(15)14-6-7-16-8-14/h3-5H,6-8H2,1-2H3,(H,13,15). The fourth-order valence-electron chi connectivity index (χ4n) is 1.65. The molecule has 4 heteroatoms. The molecule has 0 radical (unpaired) electrons. The van der Waals surface area contributed by atoms with Gasteiger partial charge in [-0.25, -0.2) is 4.79 Å². The molecule has 2 rings (SSSR count). The van der Waals surface area contributed by atoms with Crippen molar-refractivity contribution in [2.45, 2.75) is 13.8 Å². The second kappa shape index (κ2) is 4.78. The Labute approximate surface area is 100 Å². The van der Waals surface area contributed by atoms with Gasteiger partial charge in [-0.3, -0.25) is 0 Å². The number of nitrogens with one attached hydrogen (secondary N) is 1. The SMILES string of the molecule is Cc1cccc(NC(=O)N2CCSC2)c1C. The molecule has 16 heavy (non-hydrogen) atoms. The van der Waals surface area contributed by atoms with Crippen LogP contribution in [0, 0.1) is 13.8 Å². The van der Waals surface area contributed by atoms with Crippen LogP contribution in [0.5, 0.6) is 0 Å². The quantitative estimate of drug-likeness (QED) is 0.813. The third-order valence-electron chi connectivity index (χ3n) is 2.89. The summed E-state index contributed by atoms with van der Waals surface area (Å²) in [6.07, 6.45) is 0. The Morgan fingerprint density at radius 2 is 2.25 bits per heavy atom. The molecule has 1 saturated heterocycles. The van der Waals surface area contributed by atoms with Gasteiger partial charge in [0.25, 0.3) is 0 Å². The van der Waals surface area contributed by atoms with Gasteiger partial charge < -0.3 is 10.2 Å². The van der Waals surface area contributed by atoms with Crippen molar-refractivity contribution in [3.05, 3.63) is 29.3 Å². The molecule has 0 aliphatic carbocycles. The summed E-state index contributed by atoms with van der Waals surface area (Å²) >= 11 is 1.79. The number of hydrogen-bond donors (Lipinski definition) is 1. The van der Waals surface area contributed by atoms with Crippen LogP contribution < -0.4 is 5.32 Å². The second-order valence-electron chi connectivity index (χ2n) is 3.98. The zero-order chi connectivity index (χ0) is 11.5. The lowest BCUT2D eigenvalue weighted by Crippen LogP contribution is -2.32. The van der Waals surface area contributed by atoms with E-state index in [0.717, 1.165) is 29.4 Å². The van der Waals surface area contributed by atoms with Crippen molar-refractivity contribution >= 4 is 23.5 Å². The zero-order valence-corrected chi connectivity index (χ0v) is 10.4. The molecule has 1 fully saturated rings. The molecule has 0 bridgehead atoms. The zero-order valence-electron chi connectivity index (χ0n) is 9.62. The van der Waals surface area contributed by atoms with Crippen molar-refractivity contribution in [1.82, 2.24) is 4.90 Å². The molecule has 1 heterocycles.